The summed E-state index contributed by atoms with van der Waals surface area (Å²) in [5.41, 5.74) is 4.69. The van der Waals surface area contributed by atoms with Gasteiger partial charge in [-0.2, -0.15) is 4.36 Å². The Bertz CT molecular complexity index is 1380. The molecule has 7 heteroatoms. The van der Waals surface area contributed by atoms with E-state index in [-0.39, 0.29) is 5.56 Å². The Labute approximate surface area is 187 Å². The van der Waals surface area contributed by atoms with Crippen LogP contribution in [0, 0.1) is 6.92 Å². The molecule has 0 saturated heterocycles. The number of allylic oxidation sites excluding steroid dienone is 1. The zero-order valence-electron chi connectivity index (χ0n) is 17.8. The molecular formula is C24H23ClN2O3S. The molecule has 0 spiro atoms. The highest BCUT2D eigenvalue weighted by atomic mass is 35.5. The number of aryl methyl sites for hydroxylation is 2. The molecule has 0 atom stereocenters. The molecule has 0 saturated carbocycles. The highest BCUT2D eigenvalue weighted by Crippen LogP contribution is 2.42. The van der Waals surface area contributed by atoms with Crippen molar-refractivity contribution < 1.29 is 8.95 Å². The summed E-state index contributed by atoms with van der Waals surface area (Å²) >= 11 is 6.40. The summed E-state index contributed by atoms with van der Waals surface area (Å²) in [5.74, 6) is 1.15. The highest BCUT2D eigenvalue weighted by molar-refractivity contribution is 7.92. The largest absolute Gasteiger partial charge is 0.455 e. The van der Waals surface area contributed by atoms with E-state index in [0.29, 0.717) is 28.6 Å². The fourth-order valence-corrected chi connectivity index (χ4v) is 4.57. The van der Waals surface area contributed by atoms with Crippen LogP contribution in [0.4, 0.5) is 5.69 Å². The molecule has 0 radical (unpaired) electrons. The van der Waals surface area contributed by atoms with E-state index in [0.717, 1.165) is 27.8 Å². The van der Waals surface area contributed by atoms with Gasteiger partial charge in [0.2, 0.25) is 0 Å². The van der Waals surface area contributed by atoms with Crippen molar-refractivity contribution >= 4 is 33.1 Å². The number of halogens is 1. The van der Waals surface area contributed by atoms with Gasteiger partial charge in [0.25, 0.3) is 5.56 Å². The van der Waals surface area contributed by atoms with Gasteiger partial charge in [0.15, 0.2) is 0 Å². The van der Waals surface area contributed by atoms with Crippen LogP contribution in [-0.2, 0) is 23.2 Å². The fourth-order valence-electron chi connectivity index (χ4n) is 3.69. The molecule has 1 aliphatic rings. The summed E-state index contributed by atoms with van der Waals surface area (Å²) in [6, 6.07) is 11.0. The Hall–Kier alpha value is -2.83. The van der Waals surface area contributed by atoms with Gasteiger partial charge < -0.3 is 9.30 Å². The normalized spacial score (nSPS) is 12.7. The maximum absolute atomic E-state index is 12.6. The van der Waals surface area contributed by atoms with Crippen LogP contribution in [0.15, 0.2) is 57.8 Å². The molecule has 0 aliphatic heterocycles. The standard InChI is InChI=1S/C24H23ClN2O3S/c1-15-7-5-10-21(25)23(15)30-22-12-11-16(26-31(3,4)29)13-19(22)20-14-27(2)24(28)18-9-6-8-17(18)20/h5-8,10-14H,9H2,1-4H3. The summed E-state index contributed by atoms with van der Waals surface area (Å²) in [7, 11) is -0.605. The summed E-state index contributed by atoms with van der Waals surface area (Å²) < 4.78 is 24.5. The summed E-state index contributed by atoms with van der Waals surface area (Å²) in [6.07, 6.45) is 9.53. The summed E-state index contributed by atoms with van der Waals surface area (Å²) in [6.45, 7) is 1.93. The highest BCUT2D eigenvalue weighted by Gasteiger charge is 2.20. The van der Waals surface area contributed by atoms with Crippen molar-refractivity contribution in [2.24, 2.45) is 11.4 Å². The van der Waals surface area contributed by atoms with Crippen LogP contribution in [-0.4, -0.2) is 21.3 Å². The zero-order chi connectivity index (χ0) is 22.3. The lowest BCUT2D eigenvalue weighted by Gasteiger charge is -2.17. The van der Waals surface area contributed by atoms with E-state index in [1.54, 1.807) is 48.5 Å². The van der Waals surface area contributed by atoms with Gasteiger partial charge in [0.1, 0.15) is 11.5 Å². The van der Waals surface area contributed by atoms with E-state index >= 15 is 0 Å². The average Bonchev–Trinajstić information content (AvgIpc) is 3.17. The topological polar surface area (TPSA) is 60.7 Å². The van der Waals surface area contributed by atoms with Gasteiger partial charge in [-0.05, 0) is 48.7 Å². The quantitative estimate of drug-likeness (QED) is 0.505. The van der Waals surface area contributed by atoms with Crippen molar-refractivity contribution in [1.82, 2.24) is 4.57 Å². The Morgan fingerprint density at radius 1 is 1.16 bits per heavy atom. The summed E-state index contributed by atoms with van der Waals surface area (Å²) in [5, 5.41) is 0.510. The molecule has 31 heavy (non-hydrogen) atoms. The van der Waals surface area contributed by atoms with Crippen LogP contribution >= 0.6 is 11.6 Å². The number of aromatic nitrogens is 1. The third kappa shape index (κ3) is 4.31. The van der Waals surface area contributed by atoms with Crippen molar-refractivity contribution in [3.63, 3.8) is 0 Å². The monoisotopic (exact) mass is 454 g/mol. The third-order valence-electron chi connectivity index (χ3n) is 5.08. The lowest BCUT2D eigenvalue weighted by atomic mass is 9.98. The van der Waals surface area contributed by atoms with Crippen LogP contribution in [0.25, 0.3) is 17.2 Å². The SMILES string of the molecule is Cc1cccc(Cl)c1Oc1ccc(N=S(C)(C)=O)cc1-c1cn(C)c(=O)c2c1C=CC2. The molecule has 3 aromatic rings. The number of fused-ring (bicyclic) bond motifs is 1. The van der Waals surface area contributed by atoms with E-state index in [2.05, 4.69) is 4.36 Å². The predicted octanol–water partition coefficient (Wildman–Crippen LogP) is 5.73. The second kappa shape index (κ2) is 8.02. The number of nitrogens with zero attached hydrogens (tertiary/aromatic N) is 2. The van der Waals surface area contributed by atoms with E-state index in [1.807, 2.05) is 37.3 Å². The van der Waals surface area contributed by atoms with Crippen molar-refractivity contribution in [1.29, 1.82) is 0 Å². The van der Waals surface area contributed by atoms with Crippen LogP contribution < -0.4 is 10.3 Å². The van der Waals surface area contributed by atoms with E-state index in [9.17, 15) is 9.00 Å². The number of para-hydroxylation sites is 1. The number of hydrogen-bond acceptors (Lipinski definition) is 4. The first-order chi connectivity index (χ1) is 14.6. The van der Waals surface area contributed by atoms with Crippen molar-refractivity contribution in [2.75, 3.05) is 12.5 Å². The molecule has 1 heterocycles. The van der Waals surface area contributed by atoms with Crippen molar-refractivity contribution in [2.45, 2.75) is 13.3 Å². The van der Waals surface area contributed by atoms with Gasteiger partial charge in [-0.25, -0.2) is 4.21 Å². The minimum absolute atomic E-state index is 0.0147. The van der Waals surface area contributed by atoms with Crippen LogP contribution in [0.5, 0.6) is 11.5 Å². The molecule has 4 rings (SSSR count). The zero-order valence-corrected chi connectivity index (χ0v) is 19.4. The van der Waals surface area contributed by atoms with Gasteiger partial charge in [0, 0.05) is 52.2 Å². The predicted molar refractivity (Wildman–Crippen MR) is 128 cm³/mol. The van der Waals surface area contributed by atoms with Gasteiger partial charge in [-0.1, -0.05) is 35.9 Å². The number of rotatable bonds is 4. The maximum atomic E-state index is 12.6. The number of benzene rings is 2. The van der Waals surface area contributed by atoms with E-state index < -0.39 is 9.73 Å². The first kappa shape index (κ1) is 21.4. The molecule has 0 amide bonds. The summed E-state index contributed by atoms with van der Waals surface area (Å²) in [4.78, 5) is 12.6. The van der Waals surface area contributed by atoms with Gasteiger partial charge in [-0.3, -0.25) is 4.79 Å². The Morgan fingerprint density at radius 2 is 1.94 bits per heavy atom. The Balaban J connectivity index is 1.98. The molecule has 0 N–H and O–H groups in total. The number of hydrogen-bond donors (Lipinski definition) is 0. The van der Waals surface area contributed by atoms with Crippen LogP contribution in [0.3, 0.4) is 0 Å². The molecule has 1 aromatic heterocycles. The first-order valence-corrected chi connectivity index (χ1v) is 12.5. The average molecular weight is 455 g/mol. The lowest BCUT2D eigenvalue weighted by Crippen LogP contribution is -2.21. The van der Waals surface area contributed by atoms with Gasteiger partial charge in [0.05, 0.1) is 10.7 Å². The van der Waals surface area contributed by atoms with Crippen LogP contribution in [0.1, 0.15) is 16.7 Å². The van der Waals surface area contributed by atoms with E-state index in [4.69, 9.17) is 16.3 Å². The second-order valence-corrected chi connectivity index (χ2v) is 10.9. The maximum Gasteiger partial charge on any atom is 0.254 e. The van der Waals surface area contributed by atoms with Crippen molar-refractivity contribution in [3.8, 4) is 22.6 Å². The Kier molecular flexibility index (Phi) is 5.54. The lowest BCUT2D eigenvalue weighted by molar-refractivity contribution is 0.481. The van der Waals surface area contributed by atoms with Crippen LogP contribution in [0.2, 0.25) is 5.02 Å². The molecule has 2 aromatic carbocycles. The van der Waals surface area contributed by atoms with E-state index in [1.165, 1.54) is 0 Å². The fraction of sp³-hybridized carbons (Fsp3) is 0.208. The molecular weight excluding hydrogens is 432 g/mol. The molecule has 160 valence electrons. The molecule has 0 bridgehead atoms. The van der Waals surface area contributed by atoms with Crippen molar-refractivity contribution in [3.05, 3.63) is 80.7 Å². The third-order valence-corrected chi connectivity index (χ3v) is 6.03. The minimum Gasteiger partial charge on any atom is -0.455 e. The first-order valence-electron chi connectivity index (χ1n) is 9.77. The van der Waals surface area contributed by atoms with Gasteiger partial charge in [-0.15, -0.1) is 0 Å². The second-order valence-electron chi connectivity index (χ2n) is 7.90. The molecule has 5 nitrogen and oxygen atoms in total. The molecule has 1 aliphatic carbocycles. The number of pyridine rings is 1. The minimum atomic E-state index is -2.34. The Morgan fingerprint density at radius 3 is 2.65 bits per heavy atom. The number of ether oxygens (including phenoxy) is 1. The molecule has 0 unspecified atom stereocenters. The van der Waals surface area contributed by atoms with Gasteiger partial charge >= 0.3 is 0 Å². The smallest absolute Gasteiger partial charge is 0.254 e. The molecule has 0 fully saturated rings.